The van der Waals surface area contributed by atoms with E-state index in [9.17, 15) is 4.79 Å². The van der Waals surface area contributed by atoms with Crippen LogP contribution in [0.25, 0.3) is 11.4 Å². The van der Waals surface area contributed by atoms with Crippen LogP contribution in [-0.4, -0.2) is 28.6 Å². The van der Waals surface area contributed by atoms with Gasteiger partial charge in [0, 0.05) is 30.5 Å². The zero-order chi connectivity index (χ0) is 16.5. The molecule has 5 nitrogen and oxygen atoms in total. The van der Waals surface area contributed by atoms with E-state index in [0.29, 0.717) is 18.8 Å². The molecule has 1 aromatic heterocycles. The fourth-order valence-corrected chi connectivity index (χ4v) is 2.27. The molecular weight excluding hydrogens is 288 g/mol. The molecule has 0 aliphatic heterocycles. The van der Waals surface area contributed by atoms with Crippen molar-refractivity contribution in [2.45, 2.75) is 39.2 Å². The Kier molecular flexibility index (Phi) is 6.54. The van der Waals surface area contributed by atoms with E-state index in [0.717, 1.165) is 24.0 Å². The highest BCUT2D eigenvalue weighted by Gasteiger charge is 2.07. The number of carbonyl (C=O) groups excluding carboxylic acids is 1. The molecule has 0 fully saturated rings. The first-order chi connectivity index (χ1) is 11.2. The highest BCUT2D eigenvalue weighted by molar-refractivity contribution is 5.74. The Morgan fingerprint density at radius 1 is 1.09 bits per heavy atom. The maximum atomic E-state index is 11.7. The van der Waals surface area contributed by atoms with Gasteiger partial charge in [0.25, 0.3) is 0 Å². The van der Waals surface area contributed by atoms with Crippen molar-refractivity contribution in [3.8, 4) is 11.4 Å². The number of urea groups is 1. The fourth-order valence-electron chi connectivity index (χ4n) is 2.27. The smallest absolute Gasteiger partial charge is 0.315 e. The Labute approximate surface area is 137 Å². The second-order valence-electron chi connectivity index (χ2n) is 5.44. The van der Waals surface area contributed by atoms with Crippen LogP contribution in [0.5, 0.6) is 0 Å². The number of amides is 2. The molecular formula is C18H24N4O. The molecule has 0 unspecified atom stereocenters. The lowest BCUT2D eigenvalue weighted by Crippen LogP contribution is -2.42. The monoisotopic (exact) mass is 312 g/mol. The molecule has 0 radical (unpaired) electrons. The van der Waals surface area contributed by atoms with Gasteiger partial charge in [-0.1, -0.05) is 44.2 Å². The van der Waals surface area contributed by atoms with E-state index in [-0.39, 0.29) is 12.1 Å². The van der Waals surface area contributed by atoms with Crippen molar-refractivity contribution >= 4 is 6.03 Å². The number of rotatable bonds is 7. The van der Waals surface area contributed by atoms with Crippen molar-refractivity contribution in [1.82, 2.24) is 20.6 Å². The van der Waals surface area contributed by atoms with Crippen molar-refractivity contribution in [3.05, 3.63) is 48.3 Å². The molecule has 1 heterocycles. The number of nitrogens with zero attached hydrogens (tertiary/aromatic N) is 2. The Morgan fingerprint density at radius 2 is 1.74 bits per heavy atom. The van der Waals surface area contributed by atoms with Gasteiger partial charge in [0.05, 0.1) is 0 Å². The van der Waals surface area contributed by atoms with Gasteiger partial charge in [-0.05, 0) is 24.8 Å². The van der Waals surface area contributed by atoms with Crippen LogP contribution in [-0.2, 0) is 6.42 Å². The highest BCUT2D eigenvalue weighted by atomic mass is 16.2. The summed E-state index contributed by atoms with van der Waals surface area (Å²) in [6, 6.07) is 10.0. The van der Waals surface area contributed by atoms with Crippen molar-refractivity contribution in [2.75, 3.05) is 6.54 Å². The Hall–Kier alpha value is -2.43. The van der Waals surface area contributed by atoms with Gasteiger partial charge in [0.15, 0.2) is 5.82 Å². The van der Waals surface area contributed by atoms with Crippen LogP contribution in [0.1, 0.15) is 32.3 Å². The van der Waals surface area contributed by atoms with Gasteiger partial charge in [-0.15, -0.1) is 0 Å². The molecule has 0 spiro atoms. The second-order valence-corrected chi connectivity index (χ2v) is 5.44. The van der Waals surface area contributed by atoms with Gasteiger partial charge in [0.2, 0.25) is 0 Å². The lowest BCUT2D eigenvalue weighted by molar-refractivity contribution is 0.236. The van der Waals surface area contributed by atoms with Gasteiger partial charge < -0.3 is 10.6 Å². The molecule has 0 aliphatic rings. The number of benzene rings is 1. The summed E-state index contributed by atoms with van der Waals surface area (Å²) in [7, 11) is 0. The van der Waals surface area contributed by atoms with Crippen LogP contribution < -0.4 is 10.6 Å². The van der Waals surface area contributed by atoms with Crippen molar-refractivity contribution < 1.29 is 4.79 Å². The summed E-state index contributed by atoms with van der Waals surface area (Å²) in [5, 5.41) is 5.82. The average molecular weight is 312 g/mol. The summed E-state index contributed by atoms with van der Waals surface area (Å²) in [5.74, 6) is 0.716. The first-order valence-corrected chi connectivity index (χ1v) is 8.13. The van der Waals surface area contributed by atoms with E-state index in [2.05, 4.69) is 34.4 Å². The number of hydrogen-bond donors (Lipinski definition) is 2. The van der Waals surface area contributed by atoms with Gasteiger partial charge in [0.1, 0.15) is 0 Å². The molecule has 5 heteroatoms. The van der Waals surface area contributed by atoms with Gasteiger partial charge in [-0.3, -0.25) is 0 Å². The lowest BCUT2D eigenvalue weighted by Gasteiger charge is -2.15. The minimum atomic E-state index is -0.111. The maximum absolute atomic E-state index is 11.7. The topological polar surface area (TPSA) is 66.9 Å². The Balaban J connectivity index is 1.79. The zero-order valence-electron chi connectivity index (χ0n) is 13.7. The van der Waals surface area contributed by atoms with Gasteiger partial charge >= 0.3 is 6.03 Å². The van der Waals surface area contributed by atoms with E-state index in [1.807, 2.05) is 42.7 Å². The molecule has 2 amide bonds. The molecule has 0 bridgehead atoms. The summed E-state index contributed by atoms with van der Waals surface area (Å²) in [6.45, 7) is 4.71. The zero-order valence-corrected chi connectivity index (χ0v) is 13.7. The second kappa shape index (κ2) is 8.88. The fraction of sp³-hybridized carbons (Fsp3) is 0.389. The summed E-state index contributed by atoms with van der Waals surface area (Å²) < 4.78 is 0. The molecule has 0 atom stereocenters. The molecule has 2 rings (SSSR count). The van der Waals surface area contributed by atoms with E-state index in [1.165, 1.54) is 0 Å². The third-order valence-electron chi connectivity index (χ3n) is 3.76. The molecule has 1 aromatic carbocycles. The molecule has 23 heavy (non-hydrogen) atoms. The van der Waals surface area contributed by atoms with Gasteiger partial charge in [-0.2, -0.15) is 0 Å². The van der Waals surface area contributed by atoms with Gasteiger partial charge in [-0.25, -0.2) is 14.8 Å². The number of hydrogen-bond acceptors (Lipinski definition) is 3. The van der Waals surface area contributed by atoms with Crippen LogP contribution in [0.2, 0.25) is 0 Å². The third kappa shape index (κ3) is 5.36. The quantitative estimate of drug-likeness (QED) is 0.825. The van der Waals surface area contributed by atoms with Crippen LogP contribution in [0.3, 0.4) is 0 Å². The first kappa shape index (κ1) is 16.9. The lowest BCUT2D eigenvalue weighted by atomic mass is 10.2. The standard InChI is InChI=1S/C18H24N4O/c1-3-16(4-2)22-18(23)19-11-10-14-12-20-17(21-13-14)15-8-6-5-7-9-15/h5-9,12-13,16H,3-4,10-11H2,1-2H3,(H2,19,22,23). The maximum Gasteiger partial charge on any atom is 0.315 e. The summed E-state index contributed by atoms with van der Waals surface area (Å²) >= 11 is 0. The molecule has 122 valence electrons. The number of carbonyl (C=O) groups is 1. The summed E-state index contributed by atoms with van der Waals surface area (Å²) in [5.41, 5.74) is 2.01. The highest BCUT2D eigenvalue weighted by Crippen LogP contribution is 2.13. The van der Waals surface area contributed by atoms with Crippen LogP contribution in [0.4, 0.5) is 4.79 Å². The largest absolute Gasteiger partial charge is 0.338 e. The van der Waals surface area contributed by atoms with Crippen LogP contribution in [0, 0.1) is 0 Å². The average Bonchev–Trinajstić information content (AvgIpc) is 2.61. The van der Waals surface area contributed by atoms with E-state index < -0.39 is 0 Å². The van der Waals surface area contributed by atoms with E-state index in [1.54, 1.807) is 0 Å². The summed E-state index contributed by atoms with van der Waals surface area (Å²) in [6.07, 6.45) is 6.23. The van der Waals surface area contributed by atoms with Crippen molar-refractivity contribution in [2.24, 2.45) is 0 Å². The van der Waals surface area contributed by atoms with E-state index >= 15 is 0 Å². The van der Waals surface area contributed by atoms with Crippen LogP contribution >= 0.6 is 0 Å². The first-order valence-electron chi connectivity index (χ1n) is 8.13. The molecule has 2 aromatic rings. The predicted octanol–water partition coefficient (Wildman–Crippen LogP) is 3.17. The Morgan fingerprint density at radius 3 is 2.35 bits per heavy atom. The SMILES string of the molecule is CCC(CC)NC(=O)NCCc1cnc(-c2ccccc2)nc1. The van der Waals surface area contributed by atoms with Crippen molar-refractivity contribution in [1.29, 1.82) is 0 Å². The third-order valence-corrected chi connectivity index (χ3v) is 3.76. The molecule has 2 N–H and O–H groups in total. The normalized spacial score (nSPS) is 10.6. The predicted molar refractivity (Wildman–Crippen MR) is 92.1 cm³/mol. The minimum Gasteiger partial charge on any atom is -0.338 e. The van der Waals surface area contributed by atoms with E-state index in [4.69, 9.17) is 0 Å². The van der Waals surface area contributed by atoms with Crippen molar-refractivity contribution in [3.63, 3.8) is 0 Å². The molecule has 0 aliphatic carbocycles. The number of nitrogens with one attached hydrogen (secondary N) is 2. The number of aromatic nitrogens is 2. The molecule has 0 saturated carbocycles. The summed E-state index contributed by atoms with van der Waals surface area (Å²) in [4.78, 5) is 20.5. The minimum absolute atomic E-state index is 0.111. The van der Waals surface area contributed by atoms with Crippen LogP contribution in [0.15, 0.2) is 42.7 Å². The Bertz CT molecular complexity index is 594. The molecule has 0 saturated heterocycles.